The van der Waals surface area contributed by atoms with Gasteiger partial charge in [0.05, 0.1) is 30.2 Å². The summed E-state index contributed by atoms with van der Waals surface area (Å²) in [4.78, 5) is 31.7. The van der Waals surface area contributed by atoms with Crippen LogP contribution in [0, 0.1) is 0 Å². The molecule has 5 N–H and O–H groups in total. The highest BCUT2D eigenvalue weighted by Gasteiger charge is 2.33. The summed E-state index contributed by atoms with van der Waals surface area (Å²) in [6.45, 7) is 1.96. The minimum atomic E-state index is -0.579. The zero-order chi connectivity index (χ0) is 37.7. The summed E-state index contributed by atoms with van der Waals surface area (Å²) in [5.41, 5.74) is 13.9. The van der Waals surface area contributed by atoms with Crippen molar-refractivity contribution >= 4 is 23.2 Å². The fourth-order valence-electron chi connectivity index (χ4n) is 6.57. The number of carbonyl (C=O) groups is 2. The smallest absolute Gasteiger partial charge is 0.224 e. The third-order valence-corrected chi connectivity index (χ3v) is 9.56. The van der Waals surface area contributed by atoms with Crippen LogP contribution in [0.25, 0.3) is 11.1 Å². The number of hydrogen-bond donors (Lipinski definition) is 4. The van der Waals surface area contributed by atoms with Crippen LogP contribution in [0.3, 0.4) is 0 Å². The Bertz CT molecular complexity index is 1970. The molecule has 1 saturated heterocycles. The van der Waals surface area contributed by atoms with Crippen molar-refractivity contribution in [3.63, 3.8) is 0 Å². The molecule has 280 valence electrons. The van der Waals surface area contributed by atoms with Crippen molar-refractivity contribution < 1.29 is 24.2 Å². The van der Waals surface area contributed by atoms with Crippen molar-refractivity contribution in [2.24, 2.45) is 0 Å². The first-order chi connectivity index (χ1) is 26.3. The number of benzene rings is 4. The topological polar surface area (TPSA) is 139 Å². The van der Waals surface area contributed by atoms with E-state index < -0.39 is 6.29 Å². The number of nitrogens with one attached hydrogen (secondary N) is 2. The Morgan fingerprint density at radius 2 is 1.59 bits per heavy atom. The average Bonchev–Trinajstić information content (AvgIpc) is 3.20. The van der Waals surface area contributed by atoms with Gasteiger partial charge in [0.2, 0.25) is 11.8 Å². The van der Waals surface area contributed by atoms with Crippen LogP contribution in [0.5, 0.6) is 0 Å². The van der Waals surface area contributed by atoms with Gasteiger partial charge in [-0.1, -0.05) is 78.9 Å². The van der Waals surface area contributed by atoms with Gasteiger partial charge in [0.25, 0.3) is 0 Å². The number of amides is 2. The summed E-state index contributed by atoms with van der Waals surface area (Å²) in [5, 5.41) is 15.4. The third-order valence-electron chi connectivity index (χ3n) is 9.56. The van der Waals surface area contributed by atoms with E-state index in [1.807, 2.05) is 79.0 Å². The third kappa shape index (κ3) is 11.1. The van der Waals surface area contributed by atoms with E-state index in [0.717, 1.165) is 58.6 Å². The standard InChI is InChI=1S/C44H49N5O5/c1-49(24-22-37-13-4-5-23-46-37)29-38-27-41(33-20-18-31(30-50)19-21-33)54-44(53-38)36-12-7-11-35(26-36)34-10-6-9-32(25-34)28-47-42(51)16-8-17-43(52)48-40-15-3-2-14-39(40)45/h2-7,9-15,18-21,23,25-26,38,41,44,50H,8,16-17,22,24,27-30,45H2,1H3,(H,47,51)(H,48,52). The highest BCUT2D eigenvalue weighted by Crippen LogP contribution is 2.39. The number of aliphatic hydroxyl groups excluding tert-OH is 1. The van der Waals surface area contributed by atoms with Gasteiger partial charge < -0.3 is 35.8 Å². The van der Waals surface area contributed by atoms with Crippen molar-refractivity contribution in [1.29, 1.82) is 0 Å². The monoisotopic (exact) mass is 727 g/mol. The number of para-hydroxylation sites is 2. The highest BCUT2D eigenvalue weighted by atomic mass is 16.7. The molecule has 0 aliphatic carbocycles. The minimum Gasteiger partial charge on any atom is -0.397 e. The number of nitrogens with zero attached hydrogens (tertiary/aromatic N) is 2. The van der Waals surface area contributed by atoms with Gasteiger partial charge in [-0.25, -0.2) is 0 Å². The molecule has 10 nitrogen and oxygen atoms in total. The number of rotatable bonds is 16. The van der Waals surface area contributed by atoms with Crippen molar-refractivity contribution in [3.05, 3.63) is 149 Å². The number of hydrogen-bond acceptors (Lipinski definition) is 8. The minimum absolute atomic E-state index is 0.00615. The first-order valence-electron chi connectivity index (χ1n) is 18.5. The molecule has 1 aliphatic rings. The Balaban J connectivity index is 1.07. The van der Waals surface area contributed by atoms with Gasteiger partial charge in [0.15, 0.2) is 6.29 Å². The van der Waals surface area contributed by atoms with Crippen LogP contribution >= 0.6 is 0 Å². The lowest BCUT2D eigenvalue weighted by atomic mass is 9.98. The number of aliphatic hydroxyl groups is 1. The number of aromatic nitrogens is 1. The number of anilines is 2. The maximum Gasteiger partial charge on any atom is 0.224 e. The second-order valence-corrected chi connectivity index (χ2v) is 13.8. The molecule has 0 spiro atoms. The first-order valence-corrected chi connectivity index (χ1v) is 18.5. The zero-order valence-electron chi connectivity index (χ0n) is 30.7. The Hall–Kier alpha value is -5.39. The normalized spacial score (nSPS) is 16.9. The molecule has 10 heteroatoms. The van der Waals surface area contributed by atoms with Gasteiger partial charge in [-0.15, -0.1) is 0 Å². The van der Waals surface area contributed by atoms with Gasteiger partial charge in [0.1, 0.15) is 0 Å². The Morgan fingerprint density at radius 3 is 2.37 bits per heavy atom. The van der Waals surface area contributed by atoms with E-state index in [0.29, 0.717) is 30.8 Å². The van der Waals surface area contributed by atoms with Crippen LogP contribution in [0.1, 0.15) is 66.0 Å². The molecule has 5 aromatic rings. The average molecular weight is 728 g/mol. The molecule has 1 aromatic heterocycles. The maximum atomic E-state index is 12.6. The van der Waals surface area contributed by atoms with Gasteiger partial charge in [-0.2, -0.15) is 0 Å². The molecular weight excluding hydrogens is 679 g/mol. The number of nitrogens with two attached hydrogens (primary N) is 1. The van der Waals surface area contributed by atoms with Gasteiger partial charge in [-0.05, 0) is 77.7 Å². The molecule has 3 atom stereocenters. The zero-order valence-corrected chi connectivity index (χ0v) is 30.7. The van der Waals surface area contributed by atoms with E-state index in [9.17, 15) is 14.7 Å². The second-order valence-electron chi connectivity index (χ2n) is 13.8. The van der Waals surface area contributed by atoms with Crippen LogP contribution in [0.4, 0.5) is 11.4 Å². The van der Waals surface area contributed by atoms with E-state index in [4.69, 9.17) is 15.2 Å². The van der Waals surface area contributed by atoms with Crippen molar-refractivity contribution in [1.82, 2.24) is 15.2 Å². The number of pyridine rings is 1. The number of carbonyl (C=O) groups excluding carboxylic acids is 2. The SMILES string of the molecule is CN(CCc1ccccn1)CC1CC(c2ccc(CO)cc2)OC(c2cccc(-c3cccc(CNC(=O)CCCC(=O)Nc4ccccc4N)c3)c2)O1. The number of ether oxygens (including phenoxy) is 2. The Labute approximate surface area is 317 Å². The molecule has 54 heavy (non-hydrogen) atoms. The summed E-state index contributed by atoms with van der Waals surface area (Å²) in [7, 11) is 2.11. The van der Waals surface area contributed by atoms with E-state index in [-0.39, 0.29) is 43.5 Å². The fraction of sp³-hybridized carbons (Fsp3) is 0.295. The molecular formula is C44H49N5O5. The first kappa shape index (κ1) is 38.3. The number of nitrogen functional groups attached to an aromatic ring is 1. The van der Waals surface area contributed by atoms with E-state index >= 15 is 0 Å². The lowest BCUT2D eigenvalue weighted by Gasteiger charge is -2.38. The lowest BCUT2D eigenvalue weighted by molar-refractivity contribution is -0.252. The molecule has 4 aromatic carbocycles. The summed E-state index contributed by atoms with van der Waals surface area (Å²) in [5.74, 6) is -0.287. The number of likely N-dealkylation sites (N-methyl/N-ethyl adjacent to an activating group) is 1. The van der Waals surface area contributed by atoms with Crippen LogP contribution in [0.2, 0.25) is 0 Å². The second kappa shape index (κ2) is 19.1. The van der Waals surface area contributed by atoms with Crippen LogP contribution in [-0.4, -0.2) is 53.0 Å². The van der Waals surface area contributed by atoms with Crippen LogP contribution in [-0.2, 0) is 38.6 Å². The van der Waals surface area contributed by atoms with Crippen LogP contribution < -0.4 is 16.4 Å². The predicted octanol–water partition coefficient (Wildman–Crippen LogP) is 6.97. The van der Waals surface area contributed by atoms with Gasteiger partial charge in [0, 0.05) is 62.8 Å². The highest BCUT2D eigenvalue weighted by molar-refractivity contribution is 5.94. The predicted molar refractivity (Wildman–Crippen MR) is 211 cm³/mol. The molecule has 2 amide bonds. The van der Waals surface area contributed by atoms with E-state index in [1.54, 1.807) is 12.1 Å². The van der Waals surface area contributed by atoms with Gasteiger partial charge in [-0.3, -0.25) is 14.6 Å². The van der Waals surface area contributed by atoms with Crippen molar-refractivity contribution in [2.45, 2.75) is 63.8 Å². The summed E-state index contributed by atoms with van der Waals surface area (Å²) in [6, 6.07) is 37.3. The quantitative estimate of drug-likeness (QED) is 0.0800. The molecule has 2 heterocycles. The molecule has 0 bridgehead atoms. The van der Waals surface area contributed by atoms with E-state index in [1.165, 1.54) is 0 Å². The Kier molecular flexibility index (Phi) is 13.6. The summed E-state index contributed by atoms with van der Waals surface area (Å²) < 4.78 is 13.3. The summed E-state index contributed by atoms with van der Waals surface area (Å²) >= 11 is 0. The van der Waals surface area contributed by atoms with Crippen LogP contribution in [0.15, 0.2) is 121 Å². The van der Waals surface area contributed by atoms with Crippen molar-refractivity contribution in [2.75, 3.05) is 31.2 Å². The molecule has 1 fully saturated rings. The Morgan fingerprint density at radius 1 is 0.833 bits per heavy atom. The van der Waals surface area contributed by atoms with Gasteiger partial charge >= 0.3 is 0 Å². The molecule has 6 rings (SSSR count). The molecule has 0 radical (unpaired) electrons. The molecule has 1 aliphatic heterocycles. The largest absolute Gasteiger partial charge is 0.397 e. The molecule has 0 saturated carbocycles. The molecule has 3 unspecified atom stereocenters. The fourth-order valence-corrected chi connectivity index (χ4v) is 6.57. The summed E-state index contributed by atoms with van der Waals surface area (Å²) in [6.07, 6.45) is 3.44. The van der Waals surface area contributed by atoms with Crippen molar-refractivity contribution in [3.8, 4) is 11.1 Å². The van der Waals surface area contributed by atoms with E-state index in [2.05, 4.69) is 57.9 Å². The maximum absolute atomic E-state index is 12.6. The lowest BCUT2D eigenvalue weighted by Crippen LogP contribution is -2.38.